The van der Waals surface area contributed by atoms with Crippen LogP contribution in [0.5, 0.6) is 5.75 Å². The van der Waals surface area contributed by atoms with Crippen molar-refractivity contribution in [3.63, 3.8) is 0 Å². The summed E-state index contributed by atoms with van der Waals surface area (Å²) in [7, 11) is 26.8. The van der Waals surface area contributed by atoms with Crippen LogP contribution in [-0.2, 0) is 97.8 Å². The molecule has 46 heavy (non-hydrogen) atoms. The number of phenols is 1. The molecule has 14 nitrogen and oxygen atoms in total. The third-order valence-electron chi connectivity index (χ3n) is 4.99. The number of nitrogens with one attached hydrogen (secondary N) is 1. The van der Waals surface area contributed by atoms with E-state index in [4.69, 9.17) is 55.1 Å². The molecule has 2 aromatic rings. The van der Waals surface area contributed by atoms with Gasteiger partial charge in [0, 0.05) is 56.6 Å². The summed E-state index contributed by atoms with van der Waals surface area (Å²) < 4.78 is 28.7. The first-order valence-electron chi connectivity index (χ1n) is 12.3. The van der Waals surface area contributed by atoms with Crippen molar-refractivity contribution in [2.45, 2.75) is 39.6 Å². The van der Waals surface area contributed by atoms with Gasteiger partial charge in [0.25, 0.3) is 0 Å². The number of carbonyl (C=O) groups is 6. The van der Waals surface area contributed by atoms with E-state index in [2.05, 4.69) is 22.6 Å². The Labute approximate surface area is 285 Å². The molecule has 0 fully saturated rings. The largest absolute Gasteiger partial charge is 0.507 e. The molecule has 1 amide bonds. The second-order valence-corrected chi connectivity index (χ2v) is 8.25. The number of phenolic OH excluding ortho intramolecular Hbond substituents is 1. The van der Waals surface area contributed by atoms with E-state index in [-0.39, 0.29) is 71.7 Å². The molecule has 0 aliphatic rings. The Morgan fingerprint density at radius 2 is 0.935 bits per heavy atom. The minimum absolute atomic E-state index is 0. The van der Waals surface area contributed by atoms with E-state index in [9.17, 15) is 29.1 Å². The van der Waals surface area contributed by atoms with Gasteiger partial charge < -0.3 is 43.6 Å². The number of hydrogen-bond donors (Lipinski definition) is 2. The van der Waals surface area contributed by atoms with Crippen LogP contribution in [0.4, 0.5) is 24.9 Å². The molecule has 0 unspecified atom stereocenters. The Balaban J connectivity index is 0. The topological polar surface area (TPSA) is 190 Å². The van der Waals surface area contributed by atoms with Crippen LogP contribution in [0.15, 0.2) is 24.3 Å². The molecule has 2 N–H and O–H groups in total. The van der Waals surface area contributed by atoms with Gasteiger partial charge in [0.05, 0.1) is 25.1 Å². The number of methoxy groups -OCH3 is 2. The van der Waals surface area contributed by atoms with E-state index in [1.54, 1.807) is 24.3 Å². The van der Waals surface area contributed by atoms with Crippen molar-refractivity contribution in [2.75, 3.05) is 19.5 Å². The fraction of sp³-hybridized carbons (Fsp3) is 0.308. The van der Waals surface area contributed by atoms with Crippen LogP contribution in [0.3, 0.4) is 0 Å². The van der Waals surface area contributed by atoms with Gasteiger partial charge in [0.1, 0.15) is 32.2 Å². The molecule has 20 heteroatoms. The number of anilines is 1. The molecule has 2 rings (SSSR count). The van der Waals surface area contributed by atoms with Gasteiger partial charge in [-0.1, -0.05) is 0 Å². The first-order valence-corrected chi connectivity index (χ1v) is 12.3. The number of rotatable bonds is 14. The van der Waals surface area contributed by atoms with E-state index < -0.39 is 23.5 Å². The molecule has 0 aliphatic carbocycles. The first kappa shape index (κ1) is 44.3. The Bertz CT molecular complexity index is 1240. The standard InChI is InChI=1S/C13H13B2NO6.C12H12B2O6.CHBO.Ir/c1-20-4-8-2-9(5-21-12(14)18)11(16-7-17)10(3-8)6-22-13(15)19;1-18-4-7-2-8(5-19-11(13)16)10(15)9(3-7)6-20-12(14)17;2-1-3;/h2-3,7H,4-6H2,1H3,(H,16,17);2-3,15H,4-6H2,1H3;1H;. The van der Waals surface area contributed by atoms with Gasteiger partial charge in [-0.2, -0.15) is 0 Å². The summed E-state index contributed by atoms with van der Waals surface area (Å²) in [6.07, 6.45) is 0.701. The molecule has 0 aliphatic heterocycles. The van der Waals surface area contributed by atoms with Crippen LogP contribution >= 0.6 is 0 Å². The molecule has 0 heterocycles. The van der Waals surface area contributed by atoms with Crippen LogP contribution in [-0.4, -0.2) is 94.6 Å². The second kappa shape index (κ2) is 25.4. The van der Waals surface area contributed by atoms with Gasteiger partial charge in [0.15, 0.2) is 7.85 Å². The summed E-state index contributed by atoms with van der Waals surface area (Å²) in [6, 6.07) is 6.53. The van der Waals surface area contributed by atoms with E-state index in [1.807, 2.05) is 0 Å². The van der Waals surface area contributed by atoms with E-state index in [1.165, 1.54) is 14.2 Å². The normalized spacial score (nSPS) is 9.35. The molecule has 0 aromatic heterocycles. The maximum atomic E-state index is 10.8. The summed E-state index contributed by atoms with van der Waals surface area (Å²) in [4.78, 5) is 62.1. The van der Waals surface area contributed by atoms with Crippen molar-refractivity contribution in [2.24, 2.45) is 0 Å². The third-order valence-corrected chi connectivity index (χ3v) is 4.99. The first-order chi connectivity index (χ1) is 21.3. The van der Waals surface area contributed by atoms with Crippen molar-refractivity contribution in [3.8, 4) is 5.75 Å². The van der Waals surface area contributed by atoms with E-state index >= 15 is 0 Å². The van der Waals surface area contributed by atoms with Gasteiger partial charge >= 0.3 is 0 Å². The van der Waals surface area contributed by atoms with Gasteiger partial charge in [-0.05, 0) is 35.4 Å². The fourth-order valence-electron chi connectivity index (χ4n) is 3.46. The van der Waals surface area contributed by atoms with Crippen LogP contribution in [0.1, 0.15) is 33.4 Å². The van der Waals surface area contributed by atoms with Crippen LogP contribution < -0.4 is 5.32 Å². The Morgan fingerprint density at radius 3 is 1.20 bits per heavy atom. The van der Waals surface area contributed by atoms with E-state index in [0.29, 0.717) is 39.9 Å². The second-order valence-electron chi connectivity index (χ2n) is 8.25. The summed E-state index contributed by atoms with van der Waals surface area (Å²) in [5.74, 6) is -3.99. The third kappa shape index (κ3) is 18.8. The molecular weight excluding hydrogens is 781 g/mol. The molecule has 0 bridgehead atoms. The average Bonchev–Trinajstić information content (AvgIpc) is 2.96. The molecule has 0 saturated heterocycles. The maximum absolute atomic E-state index is 10.8. The smallest absolute Gasteiger partial charge is 0.236 e. The molecule has 2 aromatic carbocycles. The number of benzene rings is 2. The van der Waals surface area contributed by atoms with Gasteiger partial charge in [-0.25, -0.2) is 0 Å². The van der Waals surface area contributed by atoms with Crippen molar-refractivity contribution in [1.82, 2.24) is 0 Å². The summed E-state index contributed by atoms with van der Waals surface area (Å²) in [5.41, 5.74) is 3.37. The Morgan fingerprint density at radius 1 is 0.652 bits per heavy atom. The van der Waals surface area contributed by atoms with Crippen molar-refractivity contribution in [3.05, 3.63) is 57.6 Å². The van der Waals surface area contributed by atoms with Crippen LogP contribution in [0, 0.1) is 0 Å². The van der Waals surface area contributed by atoms with Crippen molar-refractivity contribution >= 4 is 81.0 Å². The summed E-state index contributed by atoms with van der Waals surface area (Å²) in [6.45, 7) is -0.189. The maximum Gasteiger partial charge on any atom is 0.236 e. The average molecular weight is 807 g/mol. The van der Waals surface area contributed by atoms with Gasteiger partial charge in [-0.3, -0.25) is 24.0 Å². The zero-order valence-corrected chi connectivity index (χ0v) is 27.2. The predicted octanol–water partition coefficient (Wildman–Crippen LogP) is 1.50. The number of carbonyl (C=O) groups excluding carboxylic acids is 6. The minimum Gasteiger partial charge on any atom is -0.507 e. The quantitative estimate of drug-likeness (QED) is 0.159. The number of hydrogen-bond acceptors (Lipinski definition) is 13. The summed E-state index contributed by atoms with van der Waals surface area (Å²) >= 11 is 0. The Hall–Kier alpha value is -3.85. The number of aromatic hydroxyl groups is 1. The molecule has 0 spiro atoms. The van der Waals surface area contributed by atoms with Crippen molar-refractivity contribution < 1.29 is 82.4 Å². The zero-order valence-electron chi connectivity index (χ0n) is 24.8. The minimum atomic E-state index is -0.962. The monoisotopic (exact) mass is 808 g/mol. The van der Waals surface area contributed by atoms with Crippen molar-refractivity contribution in [1.29, 1.82) is 0 Å². The SMILES string of the molecule is [B]C(=O)OCc1cc(COC)cc(COC([B])=O)c1NC=O.[B]C(=O)OCc1cc(COC)cc(COC([B])=O)c1O.[B]C=O.[Ir]. The molecular formula is C26H26B5IrNO13. The number of amides is 1. The summed E-state index contributed by atoms with van der Waals surface area (Å²) in [5, 5.41) is 12.5. The molecule has 11 radical (unpaired) electrons. The van der Waals surface area contributed by atoms with Crippen LogP contribution in [0.2, 0.25) is 0 Å². The fourth-order valence-corrected chi connectivity index (χ4v) is 3.46. The zero-order chi connectivity index (χ0) is 34.4. The molecule has 0 saturated carbocycles. The van der Waals surface area contributed by atoms with E-state index in [0.717, 1.165) is 5.56 Å². The van der Waals surface area contributed by atoms with Gasteiger partial charge in [-0.15, -0.1) is 0 Å². The number of ether oxygens (including phenoxy) is 6. The molecule has 0 atom stereocenters. The van der Waals surface area contributed by atoms with Gasteiger partial charge in [0.2, 0.25) is 61.3 Å². The van der Waals surface area contributed by atoms with Crippen LogP contribution in [0.25, 0.3) is 0 Å². The molecule has 237 valence electrons. The predicted molar refractivity (Wildman–Crippen MR) is 162 cm³/mol. The Kier molecular flexibility index (Phi) is 24.4.